The van der Waals surface area contributed by atoms with Gasteiger partial charge in [-0.3, -0.25) is 19.3 Å². The number of benzene rings is 2. The zero-order valence-corrected chi connectivity index (χ0v) is 28.0. The topological polar surface area (TPSA) is 82.2 Å². The molecule has 1 saturated carbocycles. The highest BCUT2D eigenvalue weighted by molar-refractivity contribution is 7.17. The van der Waals surface area contributed by atoms with Gasteiger partial charge in [-0.05, 0) is 68.7 Å². The van der Waals surface area contributed by atoms with E-state index in [4.69, 9.17) is 16.3 Å². The molecule has 8 nitrogen and oxygen atoms in total. The SMILES string of the molecule is CCN1CCN([C@H]2C[C@@H](CO[C@H]3CC[C@H](C)CC3)N(C(=O)Cc3cc(Cl)c(NC(=O)c4csc5ccccc45)cc3F)C2)CC1=O. The van der Waals surface area contributed by atoms with Gasteiger partial charge in [-0.2, -0.15) is 0 Å². The third-order valence-corrected chi connectivity index (χ3v) is 11.2. The minimum atomic E-state index is -0.607. The summed E-state index contributed by atoms with van der Waals surface area (Å²) in [7, 11) is 0. The van der Waals surface area contributed by atoms with Crippen molar-refractivity contribution in [2.45, 2.75) is 70.6 Å². The van der Waals surface area contributed by atoms with E-state index in [0.29, 0.717) is 50.7 Å². The molecule has 0 bridgehead atoms. The molecule has 3 amide bonds. The van der Waals surface area contributed by atoms with Crippen LogP contribution in [0.5, 0.6) is 0 Å². The van der Waals surface area contributed by atoms with Crippen LogP contribution in [0.25, 0.3) is 10.1 Å². The van der Waals surface area contributed by atoms with Crippen molar-refractivity contribution < 1.29 is 23.5 Å². The van der Waals surface area contributed by atoms with E-state index in [-0.39, 0.29) is 58.6 Å². The van der Waals surface area contributed by atoms with Crippen LogP contribution >= 0.6 is 22.9 Å². The summed E-state index contributed by atoms with van der Waals surface area (Å²) in [4.78, 5) is 45.4. The maximum Gasteiger partial charge on any atom is 0.257 e. The number of piperazine rings is 1. The molecule has 3 fully saturated rings. The number of carbonyl (C=O) groups is 3. The Labute approximate surface area is 278 Å². The van der Waals surface area contributed by atoms with Gasteiger partial charge in [0.1, 0.15) is 5.82 Å². The molecule has 3 heterocycles. The number of thiophene rings is 1. The Hall–Kier alpha value is -3.05. The second-order valence-electron chi connectivity index (χ2n) is 12.9. The Morgan fingerprint density at radius 3 is 2.67 bits per heavy atom. The second kappa shape index (κ2) is 14.4. The van der Waals surface area contributed by atoms with E-state index in [2.05, 4.69) is 17.1 Å². The summed E-state index contributed by atoms with van der Waals surface area (Å²) in [6, 6.07) is 10.1. The van der Waals surface area contributed by atoms with Gasteiger partial charge in [-0.15, -0.1) is 11.3 Å². The molecule has 0 spiro atoms. The fourth-order valence-corrected chi connectivity index (χ4v) is 8.24. The van der Waals surface area contributed by atoms with E-state index in [1.54, 1.807) is 5.38 Å². The Bertz CT molecular complexity index is 1590. The predicted molar refractivity (Wildman–Crippen MR) is 180 cm³/mol. The highest BCUT2D eigenvalue weighted by Crippen LogP contribution is 2.32. The van der Waals surface area contributed by atoms with Crippen molar-refractivity contribution in [3.8, 4) is 0 Å². The lowest BCUT2D eigenvalue weighted by molar-refractivity contribution is -0.136. The van der Waals surface area contributed by atoms with E-state index < -0.39 is 5.82 Å². The third-order valence-electron chi connectivity index (χ3n) is 9.90. The summed E-state index contributed by atoms with van der Waals surface area (Å²) in [5.41, 5.74) is 0.819. The van der Waals surface area contributed by atoms with Crippen LogP contribution in [0, 0.1) is 11.7 Å². The number of ether oxygens (including phenoxy) is 1. The van der Waals surface area contributed by atoms with Gasteiger partial charge in [0.25, 0.3) is 5.91 Å². The van der Waals surface area contributed by atoms with E-state index in [0.717, 1.165) is 42.3 Å². The average molecular weight is 669 g/mol. The van der Waals surface area contributed by atoms with Crippen molar-refractivity contribution in [3.63, 3.8) is 0 Å². The minimum absolute atomic E-state index is 0.0334. The molecule has 2 saturated heterocycles. The first kappa shape index (κ1) is 32.9. The van der Waals surface area contributed by atoms with E-state index in [9.17, 15) is 14.4 Å². The Balaban J connectivity index is 1.14. The van der Waals surface area contributed by atoms with Crippen molar-refractivity contribution >= 4 is 56.4 Å². The van der Waals surface area contributed by atoms with E-state index >= 15 is 4.39 Å². The lowest BCUT2D eigenvalue weighted by atomic mass is 9.89. The number of nitrogens with one attached hydrogen (secondary N) is 1. The smallest absolute Gasteiger partial charge is 0.257 e. The molecule has 3 aliphatic rings. The van der Waals surface area contributed by atoms with Gasteiger partial charge < -0.3 is 19.9 Å². The van der Waals surface area contributed by atoms with Gasteiger partial charge in [-0.1, -0.05) is 36.7 Å². The number of anilines is 1. The highest BCUT2D eigenvalue weighted by atomic mass is 35.5. The first-order chi connectivity index (χ1) is 22.2. The second-order valence-corrected chi connectivity index (χ2v) is 14.3. The van der Waals surface area contributed by atoms with Crippen LogP contribution < -0.4 is 5.32 Å². The molecular formula is C35H42ClFN4O4S. The number of hydrogen-bond acceptors (Lipinski definition) is 6. The lowest BCUT2D eigenvalue weighted by Gasteiger charge is -2.37. The number of halogens is 2. The fraction of sp³-hybridized carbons (Fsp3) is 0.514. The number of carbonyl (C=O) groups excluding carboxylic acids is 3. The molecule has 11 heteroatoms. The van der Waals surface area contributed by atoms with Crippen LogP contribution in [0.2, 0.25) is 5.02 Å². The molecule has 1 aromatic heterocycles. The molecule has 1 N–H and O–H groups in total. The quantitative estimate of drug-likeness (QED) is 0.293. The van der Waals surface area contributed by atoms with Gasteiger partial charge in [-0.25, -0.2) is 4.39 Å². The average Bonchev–Trinajstić information content (AvgIpc) is 3.68. The van der Waals surface area contributed by atoms with Gasteiger partial charge in [0, 0.05) is 47.7 Å². The summed E-state index contributed by atoms with van der Waals surface area (Å²) in [6.07, 6.45) is 5.06. The molecule has 0 unspecified atom stereocenters. The zero-order valence-electron chi connectivity index (χ0n) is 26.5. The van der Waals surface area contributed by atoms with Gasteiger partial charge >= 0.3 is 0 Å². The summed E-state index contributed by atoms with van der Waals surface area (Å²) in [5, 5.41) is 5.49. The highest BCUT2D eigenvalue weighted by Gasteiger charge is 2.40. The van der Waals surface area contributed by atoms with Crippen LogP contribution in [0.3, 0.4) is 0 Å². The van der Waals surface area contributed by atoms with E-state index in [1.165, 1.54) is 23.5 Å². The number of rotatable bonds is 9. The number of fused-ring (bicyclic) bond motifs is 1. The van der Waals surface area contributed by atoms with Crippen LogP contribution in [0.1, 0.15) is 61.9 Å². The van der Waals surface area contributed by atoms with Crippen LogP contribution in [0.15, 0.2) is 41.8 Å². The zero-order chi connectivity index (χ0) is 32.4. The first-order valence-electron chi connectivity index (χ1n) is 16.4. The molecule has 46 heavy (non-hydrogen) atoms. The maximum atomic E-state index is 15.5. The van der Waals surface area contributed by atoms with Crippen LogP contribution in [-0.4, -0.2) is 89.9 Å². The van der Waals surface area contributed by atoms with Crippen LogP contribution in [-0.2, 0) is 20.7 Å². The molecule has 2 aliphatic heterocycles. The molecule has 0 radical (unpaired) electrons. The predicted octanol–water partition coefficient (Wildman–Crippen LogP) is 6.22. The molecule has 3 aromatic rings. The maximum absolute atomic E-state index is 15.5. The fourth-order valence-electron chi connectivity index (χ4n) is 7.06. The minimum Gasteiger partial charge on any atom is -0.376 e. The molecular weight excluding hydrogens is 627 g/mol. The summed E-state index contributed by atoms with van der Waals surface area (Å²) in [6.45, 7) is 7.62. The van der Waals surface area contributed by atoms with Crippen LogP contribution in [0.4, 0.5) is 10.1 Å². The molecule has 2 atom stereocenters. The molecule has 6 rings (SSSR count). The third kappa shape index (κ3) is 7.25. The molecule has 2 aromatic carbocycles. The number of nitrogens with zero attached hydrogens (tertiary/aromatic N) is 3. The number of likely N-dealkylation sites (N-methyl/N-ethyl adjacent to an activating group) is 1. The number of likely N-dealkylation sites (tertiary alicyclic amines) is 1. The Morgan fingerprint density at radius 2 is 1.91 bits per heavy atom. The number of hydrogen-bond donors (Lipinski definition) is 1. The monoisotopic (exact) mass is 668 g/mol. The lowest BCUT2D eigenvalue weighted by Crippen LogP contribution is -2.54. The van der Waals surface area contributed by atoms with Gasteiger partial charge in [0.05, 0.1) is 48.0 Å². The molecule has 246 valence electrons. The Kier molecular flexibility index (Phi) is 10.3. The standard InChI is InChI=1S/C35H42ClFN4O4S/c1-3-39-12-13-40(19-34(39)43)24-16-25(20-45-26-10-8-22(2)9-11-26)41(18-24)33(42)15-23-14-29(36)31(17-30(23)37)38-35(44)28-21-46-32-7-5-4-6-27(28)32/h4-7,14,17,21-22,24-26H,3,8-13,15-16,18-20H2,1-2H3,(H,38,44)/t22-,24-,25-,26-/m0/s1. The Morgan fingerprint density at radius 1 is 1.13 bits per heavy atom. The normalized spacial score (nSPS) is 24.1. The summed E-state index contributed by atoms with van der Waals surface area (Å²) < 4.78 is 22.8. The van der Waals surface area contributed by atoms with Crippen molar-refractivity contribution in [1.82, 2.24) is 14.7 Å². The number of amides is 3. The van der Waals surface area contributed by atoms with Crippen molar-refractivity contribution in [2.75, 3.05) is 44.6 Å². The van der Waals surface area contributed by atoms with Gasteiger partial charge in [0.15, 0.2) is 0 Å². The largest absolute Gasteiger partial charge is 0.376 e. The van der Waals surface area contributed by atoms with Crippen molar-refractivity contribution in [1.29, 1.82) is 0 Å². The molecule has 1 aliphatic carbocycles. The van der Waals surface area contributed by atoms with Crippen molar-refractivity contribution in [2.24, 2.45) is 5.92 Å². The summed E-state index contributed by atoms with van der Waals surface area (Å²) in [5.74, 6) is -0.365. The van der Waals surface area contributed by atoms with Gasteiger partial charge in [0.2, 0.25) is 11.8 Å². The van der Waals surface area contributed by atoms with E-state index in [1.807, 2.05) is 41.0 Å². The van der Waals surface area contributed by atoms with Crippen molar-refractivity contribution in [3.05, 3.63) is 63.7 Å². The first-order valence-corrected chi connectivity index (χ1v) is 17.6. The summed E-state index contributed by atoms with van der Waals surface area (Å²) >= 11 is 8.00.